The van der Waals surface area contributed by atoms with E-state index >= 15 is 0 Å². The Morgan fingerprint density at radius 3 is 2.62 bits per heavy atom. The Bertz CT molecular complexity index is 1090. The number of likely N-dealkylation sites (N-methyl/N-ethyl adjacent to an activating group) is 1. The van der Waals surface area contributed by atoms with E-state index < -0.39 is 5.91 Å². The van der Waals surface area contributed by atoms with Crippen LogP contribution in [0.5, 0.6) is 0 Å². The molecule has 1 N–H and O–H groups in total. The highest BCUT2D eigenvalue weighted by atomic mass is 16.1. The molecule has 2 aromatic carbocycles. The Balaban J connectivity index is 2.12. The fourth-order valence-corrected chi connectivity index (χ4v) is 2.91. The average Bonchev–Trinajstić information content (AvgIpc) is 3.03. The van der Waals surface area contributed by atoms with E-state index in [2.05, 4.69) is 11.4 Å². The van der Waals surface area contributed by atoms with Gasteiger partial charge in [0, 0.05) is 36.3 Å². The highest BCUT2D eigenvalue weighted by Gasteiger charge is 2.12. The zero-order valence-electron chi connectivity index (χ0n) is 14.2. The monoisotopic (exact) mass is 340 g/mol. The molecule has 26 heavy (non-hydrogen) atoms. The summed E-state index contributed by atoms with van der Waals surface area (Å²) < 4.78 is 2.02. The summed E-state index contributed by atoms with van der Waals surface area (Å²) >= 11 is 0. The van der Waals surface area contributed by atoms with Crippen LogP contribution in [-0.2, 0) is 11.3 Å². The molecule has 0 radical (unpaired) electrons. The van der Waals surface area contributed by atoms with Gasteiger partial charge in [0.1, 0.15) is 11.6 Å². The molecule has 5 nitrogen and oxygen atoms in total. The standard InChI is InChI=1S/C21H16N4O/c1-24-21(26)17(12-23)10-18-14-25(20-9-5-4-8-19(18)20)13-16-7-3-2-6-15(16)11-22/h2-10,14H,13H2,1H3,(H,24,26). The van der Waals surface area contributed by atoms with Crippen molar-refractivity contribution in [1.29, 1.82) is 10.5 Å². The number of amides is 1. The Morgan fingerprint density at radius 2 is 1.88 bits per heavy atom. The lowest BCUT2D eigenvalue weighted by atomic mass is 10.1. The van der Waals surface area contributed by atoms with E-state index in [1.807, 2.05) is 59.3 Å². The third-order valence-electron chi connectivity index (χ3n) is 4.19. The summed E-state index contributed by atoms with van der Waals surface area (Å²) in [5.41, 5.74) is 3.35. The summed E-state index contributed by atoms with van der Waals surface area (Å²) in [5.74, 6) is -0.417. The number of nitrogens with one attached hydrogen (secondary N) is 1. The lowest BCUT2D eigenvalue weighted by molar-refractivity contribution is -0.116. The van der Waals surface area contributed by atoms with E-state index in [9.17, 15) is 15.3 Å². The number of hydrogen-bond donors (Lipinski definition) is 1. The zero-order chi connectivity index (χ0) is 18.5. The molecule has 126 valence electrons. The number of hydrogen-bond acceptors (Lipinski definition) is 3. The number of rotatable bonds is 4. The van der Waals surface area contributed by atoms with Crippen LogP contribution < -0.4 is 5.32 Å². The smallest absolute Gasteiger partial charge is 0.261 e. The van der Waals surface area contributed by atoms with Gasteiger partial charge >= 0.3 is 0 Å². The first-order valence-electron chi connectivity index (χ1n) is 8.07. The molecule has 0 aliphatic rings. The van der Waals surface area contributed by atoms with Gasteiger partial charge in [-0.15, -0.1) is 0 Å². The summed E-state index contributed by atoms with van der Waals surface area (Å²) in [6, 6.07) is 19.4. The molecule has 0 aliphatic carbocycles. The Labute approximate surface area is 151 Å². The fraction of sp³-hybridized carbons (Fsp3) is 0.0952. The molecule has 1 heterocycles. The molecule has 0 spiro atoms. The van der Waals surface area contributed by atoms with Gasteiger partial charge in [-0.3, -0.25) is 4.79 Å². The maximum absolute atomic E-state index is 11.8. The maximum atomic E-state index is 11.8. The van der Waals surface area contributed by atoms with Gasteiger partial charge < -0.3 is 9.88 Å². The number of nitriles is 2. The van der Waals surface area contributed by atoms with Crippen LogP contribution in [0, 0.1) is 22.7 Å². The van der Waals surface area contributed by atoms with Gasteiger partial charge in [0.2, 0.25) is 0 Å². The molecule has 1 aromatic heterocycles. The molecule has 0 unspecified atom stereocenters. The highest BCUT2D eigenvalue weighted by molar-refractivity contribution is 6.03. The second kappa shape index (κ2) is 7.38. The summed E-state index contributed by atoms with van der Waals surface area (Å²) in [6.45, 7) is 0.528. The molecule has 1 amide bonds. The minimum atomic E-state index is -0.417. The molecule has 0 fully saturated rings. The first-order valence-corrected chi connectivity index (χ1v) is 8.07. The van der Waals surface area contributed by atoms with Crippen LogP contribution in [0.3, 0.4) is 0 Å². The van der Waals surface area contributed by atoms with Crippen LogP contribution in [-0.4, -0.2) is 17.5 Å². The number of carbonyl (C=O) groups is 1. The van der Waals surface area contributed by atoms with E-state index in [0.717, 1.165) is 22.0 Å². The highest BCUT2D eigenvalue weighted by Crippen LogP contribution is 2.25. The number of benzene rings is 2. The number of para-hydroxylation sites is 1. The quantitative estimate of drug-likeness (QED) is 0.585. The predicted molar refractivity (Wildman–Crippen MR) is 99.9 cm³/mol. The summed E-state index contributed by atoms with van der Waals surface area (Å²) in [4.78, 5) is 11.8. The minimum absolute atomic E-state index is 0.0489. The van der Waals surface area contributed by atoms with Crippen LogP contribution in [0.4, 0.5) is 0 Å². The number of fused-ring (bicyclic) bond motifs is 1. The first kappa shape index (κ1) is 17.0. The van der Waals surface area contributed by atoms with E-state index in [-0.39, 0.29) is 5.57 Å². The van der Waals surface area contributed by atoms with E-state index in [1.165, 1.54) is 7.05 Å². The van der Waals surface area contributed by atoms with Crippen molar-refractivity contribution < 1.29 is 4.79 Å². The van der Waals surface area contributed by atoms with E-state index in [0.29, 0.717) is 12.1 Å². The van der Waals surface area contributed by atoms with Crippen molar-refractivity contribution >= 4 is 22.9 Å². The lowest BCUT2D eigenvalue weighted by Crippen LogP contribution is -2.19. The van der Waals surface area contributed by atoms with Crippen molar-refractivity contribution in [2.75, 3.05) is 7.05 Å². The molecule has 0 atom stereocenters. The molecule has 5 heteroatoms. The topological polar surface area (TPSA) is 81.6 Å². The Morgan fingerprint density at radius 1 is 1.15 bits per heavy atom. The molecule has 0 aliphatic heterocycles. The van der Waals surface area contributed by atoms with Gasteiger partial charge in [0.05, 0.1) is 11.6 Å². The third kappa shape index (κ3) is 3.19. The van der Waals surface area contributed by atoms with Gasteiger partial charge in [0.15, 0.2) is 0 Å². The van der Waals surface area contributed by atoms with Crippen molar-refractivity contribution in [3.05, 3.63) is 77.0 Å². The van der Waals surface area contributed by atoms with Crippen molar-refractivity contribution in [2.45, 2.75) is 6.54 Å². The Kier molecular flexibility index (Phi) is 4.83. The number of carbonyl (C=O) groups excluding carboxylic acids is 1. The van der Waals surface area contributed by atoms with Crippen LogP contribution in [0.25, 0.3) is 17.0 Å². The van der Waals surface area contributed by atoms with Gasteiger partial charge in [0.25, 0.3) is 5.91 Å². The lowest BCUT2D eigenvalue weighted by Gasteiger charge is -2.07. The summed E-state index contributed by atoms with van der Waals surface area (Å²) in [6.07, 6.45) is 3.49. The number of aromatic nitrogens is 1. The fourth-order valence-electron chi connectivity index (χ4n) is 2.91. The predicted octanol–water partition coefficient (Wildman–Crippen LogP) is 3.21. The van der Waals surface area contributed by atoms with Crippen molar-refractivity contribution in [3.63, 3.8) is 0 Å². The van der Waals surface area contributed by atoms with Crippen LogP contribution >= 0.6 is 0 Å². The van der Waals surface area contributed by atoms with Gasteiger partial charge in [-0.05, 0) is 23.8 Å². The van der Waals surface area contributed by atoms with E-state index in [4.69, 9.17) is 0 Å². The van der Waals surface area contributed by atoms with Gasteiger partial charge in [-0.2, -0.15) is 10.5 Å². The van der Waals surface area contributed by atoms with E-state index in [1.54, 1.807) is 12.1 Å². The third-order valence-corrected chi connectivity index (χ3v) is 4.19. The van der Waals surface area contributed by atoms with Crippen LogP contribution in [0.2, 0.25) is 0 Å². The largest absolute Gasteiger partial charge is 0.354 e. The molecule has 0 saturated heterocycles. The average molecular weight is 340 g/mol. The minimum Gasteiger partial charge on any atom is -0.354 e. The molecular weight excluding hydrogens is 324 g/mol. The SMILES string of the molecule is CNC(=O)C(C#N)=Cc1cn(Cc2ccccc2C#N)c2ccccc12. The Hall–Kier alpha value is -3.83. The second-order valence-corrected chi connectivity index (χ2v) is 5.75. The maximum Gasteiger partial charge on any atom is 0.261 e. The number of nitrogens with zero attached hydrogens (tertiary/aromatic N) is 3. The van der Waals surface area contributed by atoms with Gasteiger partial charge in [-0.1, -0.05) is 36.4 Å². The first-order chi connectivity index (χ1) is 12.7. The normalized spacial score (nSPS) is 11.0. The second-order valence-electron chi connectivity index (χ2n) is 5.75. The summed E-state index contributed by atoms with van der Waals surface area (Å²) in [5, 5.41) is 22.0. The zero-order valence-corrected chi connectivity index (χ0v) is 14.2. The van der Waals surface area contributed by atoms with Crippen molar-refractivity contribution in [1.82, 2.24) is 9.88 Å². The molecule has 3 rings (SSSR count). The van der Waals surface area contributed by atoms with Gasteiger partial charge in [-0.25, -0.2) is 0 Å². The molecular formula is C21H16N4O. The van der Waals surface area contributed by atoms with Crippen LogP contribution in [0.1, 0.15) is 16.7 Å². The molecule has 0 bridgehead atoms. The van der Waals surface area contributed by atoms with Crippen LogP contribution in [0.15, 0.2) is 60.3 Å². The molecule has 0 saturated carbocycles. The molecule has 3 aromatic rings. The van der Waals surface area contributed by atoms with Crippen molar-refractivity contribution in [2.24, 2.45) is 0 Å². The van der Waals surface area contributed by atoms with Crippen molar-refractivity contribution in [3.8, 4) is 12.1 Å². The summed E-state index contributed by atoms with van der Waals surface area (Å²) in [7, 11) is 1.50.